The minimum atomic E-state index is -0.721. The van der Waals surface area contributed by atoms with Crippen molar-refractivity contribution in [3.8, 4) is 11.8 Å². The van der Waals surface area contributed by atoms with Crippen LogP contribution in [0, 0.1) is 11.8 Å². The average molecular weight is 320 g/mol. The van der Waals surface area contributed by atoms with Gasteiger partial charge < -0.3 is 10.2 Å². The highest BCUT2D eigenvalue weighted by molar-refractivity contribution is 5.66. The number of aliphatic hydroxyl groups excluding tert-OH is 1. The first-order chi connectivity index (χ1) is 11.2. The van der Waals surface area contributed by atoms with E-state index in [0.717, 1.165) is 64.2 Å². The molecule has 0 saturated heterocycles. The van der Waals surface area contributed by atoms with Crippen molar-refractivity contribution in [1.82, 2.24) is 0 Å². The maximum Gasteiger partial charge on any atom is 0.303 e. The van der Waals surface area contributed by atoms with E-state index in [1.807, 2.05) is 6.08 Å². The van der Waals surface area contributed by atoms with Crippen LogP contribution in [0.5, 0.6) is 0 Å². The third-order valence-electron chi connectivity index (χ3n) is 3.45. The highest BCUT2D eigenvalue weighted by Crippen LogP contribution is 2.04. The lowest BCUT2D eigenvalue weighted by Gasteiger charge is -2.00. The van der Waals surface area contributed by atoms with Crippen LogP contribution in [0.2, 0.25) is 0 Å². The molecule has 0 rings (SSSR count). The number of unbranched alkanes of at least 4 members (excludes halogenated alkanes) is 6. The summed E-state index contributed by atoms with van der Waals surface area (Å²) >= 11 is 0. The Morgan fingerprint density at radius 2 is 1.65 bits per heavy atom. The molecule has 0 radical (unpaired) electrons. The number of rotatable bonds is 13. The summed E-state index contributed by atoms with van der Waals surface area (Å²) in [4.78, 5) is 10.3. The van der Waals surface area contributed by atoms with Gasteiger partial charge in [-0.2, -0.15) is 0 Å². The number of hydrogen-bond acceptors (Lipinski definition) is 2. The van der Waals surface area contributed by atoms with E-state index in [1.54, 1.807) is 0 Å². The lowest BCUT2D eigenvalue weighted by molar-refractivity contribution is -0.137. The number of aliphatic hydroxyl groups is 1. The Labute approximate surface area is 141 Å². The van der Waals surface area contributed by atoms with Crippen LogP contribution in [0.4, 0.5) is 0 Å². The van der Waals surface area contributed by atoms with Crippen molar-refractivity contribution in [3.05, 3.63) is 24.3 Å². The molecule has 2 N–H and O–H groups in total. The molecule has 1 atom stereocenters. The van der Waals surface area contributed by atoms with Crippen molar-refractivity contribution in [1.29, 1.82) is 0 Å². The summed E-state index contributed by atoms with van der Waals surface area (Å²) in [6.45, 7) is 2.15. The number of aliphatic carboxylic acids is 1. The Hall–Kier alpha value is -1.53. The SMILES string of the molecule is CCCCCC(O)C#C/C=C\CCCC/C=C\CCCC(=O)O. The zero-order chi connectivity index (χ0) is 17.2. The van der Waals surface area contributed by atoms with Crippen molar-refractivity contribution in [2.24, 2.45) is 0 Å². The zero-order valence-electron chi connectivity index (χ0n) is 14.5. The van der Waals surface area contributed by atoms with Crippen LogP contribution in [0.1, 0.15) is 77.6 Å². The smallest absolute Gasteiger partial charge is 0.303 e. The van der Waals surface area contributed by atoms with Crippen LogP contribution in [0.3, 0.4) is 0 Å². The van der Waals surface area contributed by atoms with Crippen LogP contribution in [-0.2, 0) is 4.79 Å². The minimum Gasteiger partial charge on any atom is -0.481 e. The van der Waals surface area contributed by atoms with E-state index >= 15 is 0 Å². The molecule has 130 valence electrons. The molecule has 3 heteroatoms. The third kappa shape index (κ3) is 18.4. The highest BCUT2D eigenvalue weighted by Gasteiger charge is 1.96. The lowest BCUT2D eigenvalue weighted by atomic mass is 10.1. The maximum atomic E-state index is 10.3. The molecule has 0 fully saturated rings. The molecular formula is C20H32O3. The van der Waals surface area contributed by atoms with Gasteiger partial charge in [0.1, 0.15) is 6.10 Å². The van der Waals surface area contributed by atoms with Gasteiger partial charge in [0.15, 0.2) is 0 Å². The van der Waals surface area contributed by atoms with E-state index in [1.165, 1.54) is 0 Å². The summed E-state index contributed by atoms with van der Waals surface area (Å²) in [6, 6.07) is 0. The zero-order valence-corrected chi connectivity index (χ0v) is 14.5. The van der Waals surface area contributed by atoms with Gasteiger partial charge in [-0.3, -0.25) is 4.79 Å². The summed E-state index contributed by atoms with van der Waals surface area (Å²) in [5.41, 5.74) is 0. The first-order valence-corrected chi connectivity index (χ1v) is 8.87. The molecule has 0 aromatic carbocycles. The fourth-order valence-electron chi connectivity index (χ4n) is 2.08. The molecule has 0 spiro atoms. The highest BCUT2D eigenvalue weighted by atomic mass is 16.4. The molecule has 0 amide bonds. The van der Waals surface area contributed by atoms with Gasteiger partial charge in [0.25, 0.3) is 0 Å². The second-order valence-electron chi connectivity index (χ2n) is 5.74. The molecule has 0 bridgehead atoms. The number of allylic oxidation sites excluding steroid dienone is 4. The number of hydrogen-bond donors (Lipinski definition) is 2. The van der Waals surface area contributed by atoms with Gasteiger partial charge in [-0.25, -0.2) is 0 Å². The van der Waals surface area contributed by atoms with Crippen molar-refractivity contribution in [3.63, 3.8) is 0 Å². The summed E-state index contributed by atoms with van der Waals surface area (Å²) in [5, 5.41) is 18.1. The van der Waals surface area contributed by atoms with E-state index < -0.39 is 12.1 Å². The van der Waals surface area contributed by atoms with Crippen molar-refractivity contribution < 1.29 is 15.0 Å². The molecule has 0 aliphatic carbocycles. The van der Waals surface area contributed by atoms with E-state index in [-0.39, 0.29) is 6.42 Å². The fraction of sp³-hybridized carbons (Fsp3) is 0.650. The van der Waals surface area contributed by atoms with Crippen LogP contribution in [-0.4, -0.2) is 22.3 Å². The third-order valence-corrected chi connectivity index (χ3v) is 3.45. The predicted octanol–water partition coefficient (Wildman–Crippen LogP) is 4.86. The van der Waals surface area contributed by atoms with Gasteiger partial charge in [0.2, 0.25) is 0 Å². The summed E-state index contributed by atoms with van der Waals surface area (Å²) in [6.07, 6.45) is 17.9. The Balaban J connectivity index is 3.47. The van der Waals surface area contributed by atoms with Gasteiger partial charge in [0, 0.05) is 6.42 Å². The van der Waals surface area contributed by atoms with E-state index in [0.29, 0.717) is 0 Å². The van der Waals surface area contributed by atoms with Crippen LogP contribution in [0.25, 0.3) is 0 Å². The molecule has 0 aliphatic rings. The molecule has 0 heterocycles. The first-order valence-electron chi connectivity index (χ1n) is 8.87. The van der Waals surface area contributed by atoms with Gasteiger partial charge in [-0.1, -0.05) is 49.8 Å². The Kier molecular flexibility index (Phi) is 15.7. The molecule has 0 aliphatic heterocycles. The van der Waals surface area contributed by atoms with Gasteiger partial charge in [0.05, 0.1) is 0 Å². The van der Waals surface area contributed by atoms with Gasteiger partial charge in [-0.05, 0) is 57.4 Å². The second-order valence-corrected chi connectivity index (χ2v) is 5.74. The Morgan fingerprint density at radius 1 is 1.00 bits per heavy atom. The molecule has 0 aromatic heterocycles. The van der Waals surface area contributed by atoms with E-state index in [2.05, 4.69) is 37.0 Å². The maximum absolute atomic E-state index is 10.3. The van der Waals surface area contributed by atoms with E-state index in [4.69, 9.17) is 5.11 Å². The lowest BCUT2D eigenvalue weighted by Crippen LogP contribution is -2.01. The number of carboxylic acid groups (broad SMARTS) is 1. The molecule has 0 aromatic rings. The monoisotopic (exact) mass is 320 g/mol. The summed E-state index contributed by atoms with van der Waals surface area (Å²) < 4.78 is 0. The molecule has 3 nitrogen and oxygen atoms in total. The first kappa shape index (κ1) is 21.5. The van der Waals surface area contributed by atoms with Crippen molar-refractivity contribution >= 4 is 5.97 Å². The van der Waals surface area contributed by atoms with Crippen LogP contribution < -0.4 is 0 Å². The van der Waals surface area contributed by atoms with Crippen molar-refractivity contribution in [2.75, 3.05) is 0 Å². The molecule has 1 unspecified atom stereocenters. The molecule has 23 heavy (non-hydrogen) atoms. The average Bonchev–Trinajstić information content (AvgIpc) is 2.51. The number of carbonyl (C=O) groups is 1. The van der Waals surface area contributed by atoms with Crippen molar-refractivity contribution in [2.45, 2.75) is 83.7 Å². The predicted molar refractivity (Wildman–Crippen MR) is 96.2 cm³/mol. The summed E-state index contributed by atoms with van der Waals surface area (Å²) in [5.74, 6) is 5.03. The Morgan fingerprint density at radius 3 is 2.30 bits per heavy atom. The minimum absolute atomic E-state index is 0.253. The normalized spacial score (nSPS) is 12.4. The van der Waals surface area contributed by atoms with Crippen LogP contribution in [0.15, 0.2) is 24.3 Å². The molecule has 0 saturated carbocycles. The van der Waals surface area contributed by atoms with E-state index in [9.17, 15) is 9.90 Å². The fourth-order valence-corrected chi connectivity index (χ4v) is 2.08. The molecular weight excluding hydrogens is 288 g/mol. The number of carboxylic acids is 1. The van der Waals surface area contributed by atoms with Gasteiger partial charge >= 0.3 is 5.97 Å². The topological polar surface area (TPSA) is 57.5 Å². The largest absolute Gasteiger partial charge is 0.481 e. The Bertz CT molecular complexity index is 399. The summed E-state index contributed by atoms with van der Waals surface area (Å²) in [7, 11) is 0. The standard InChI is InChI=1S/C20H32O3/c1-2-3-13-16-19(21)17-14-11-9-7-5-4-6-8-10-12-15-18-20(22)23/h8-11,19,21H,2-7,12-13,15-16,18H2,1H3,(H,22,23)/b10-8-,11-9-. The second kappa shape index (κ2) is 16.8. The van der Waals surface area contributed by atoms with Gasteiger partial charge in [-0.15, -0.1) is 0 Å². The van der Waals surface area contributed by atoms with Crippen LogP contribution >= 0.6 is 0 Å². The quantitative estimate of drug-likeness (QED) is 0.289.